The van der Waals surface area contributed by atoms with Gasteiger partial charge in [-0.15, -0.1) is 0 Å². The van der Waals surface area contributed by atoms with Crippen molar-refractivity contribution in [1.82, 2.24) is 10.2 Å². The highest BCUT2D eigenvalue weighted by Gasteiger charge is 2.35. The third-order valence-electron chi connectivity index (χ3n) is 3.69. The number of benzene rings is 1. The van der Waals surface area contributed by atoms with Gasteiger partial charge in [-0.3, -0.25) is 4.90 Å². The Morgan fingerprint density at radius 1 is 1.29 bits per heavy atom. The molecule has 1 aliphatic rings. The van der Waals surface area contributed by atoms with Crippen LogP contribution >= 0.6 is 11.6 Å². The van der Waals surface area contributed by atoms with Crippen LogP contribution in [0, 0.1) is 0 Å². The SMILES string of the molecule is OCC[C@H](c1cccc(C(F)(F)F)c1Cl)N1CCNCC1. The van der Waals surface area contributed by atoms with Crippen molar-refractivity contribution in [3.05, 3.63) is 34.3 Å². The zero-order valence-electron chi connectivity index (χ0n) is 11.5. The molecule has 0 radical (unpaired) electrons. The molecule has 1 aliphatic heterocycles. The van der Waals surface area contributed by atoms with E-state index in [2.05, 4.69) is 10.2 Å². The Labute approximate surface area is 126 Å². The molecule has 1 saturated heterocycles. The van der Waals surface area contributed by atoms with E-state index in [1.807, 2.05) is 0 Å². The molecule has 2 rings (SSSR count). The third-order valence-corrected chi connectivity index (χ3v) is 4.11. The van der Waals surface area contributed by atoms with Crippen molar-refractivity contribution in [3.8, 4) is 0 Å². The molecular formula is C14H18ClF3N2O. The number of hydrogen-bond acceptors (Lipinski definition) is 3. The molecule has 118 valence electrons. The number of piperazine rings is 1. The number of halogens is 4. The third kappa shape index (κ3) is 3.88. The van der Waals surface area contributed by atoms with E-state index in [9.17, 15) is 18.3 Å². The lowest BCUT2D eigenvalue weighted by atomic mass is 9.99. The van der Waals surface area contributed by atoms with Crippen LogP contribution in [0.2, 0.25) is 5.02 Å². The maximum Gasteiger partial charge on any atom is 0.417 e. The molecule has 0 unspecified atom stereocenters. The Morgan fingerprint density at radius 2 is 1.95 bits per heavy atom. The molecule has 21 heavy (non-hydrogen) atoms. The van der Waals surface area contributed by atoms with Crippen molar-refractivity contribution in [1.29, 1.82) is 0 Å². The molecule has 1 atom stereocenters. The Balaban J connectivity index is 2.36. The van der Waals surface area contributed by atoms with Crippen molar-refractivity contribution >= 4 is 11.6 Å². The van der Waals surface area contributed by atoms with Gasteiger partial charge in [-0.05, 0) is 18.1 Å². The highest BCUT2D eigenvalue weighted by molar-refractivity contribution is 6.32. The van der Waals surface area contributed by atoms with Crippen molar-refractivity contribution in [2.24, 2.45) is 0 Å². The van der Waals surface area contributed by atoms with Crippen LogP contribution in [0.3, 0.4) is 0 Å². The quantitative estimate of drug-likeness (QED) is 0.894. The van der Waals surface area contributed by atoms with Gasteiger partial charge in [-0.25, -0.2) is 0 Å². The highest BCUT2D eigenvalue weighted by atomic mass is 35.5. The van der Waals surface area contributed by atoms with Crippen molar-refractivity contribution in [3.63, 3.8) is 0 Å². The number of alkyl halides is 3. The summed E-state index contributed by atoms with van der Waals surface area (Å²) in [5.41, 5.74) is -0.387. The smallest absolute Gasteiger partial charge is 0.396 e. The largest absolute Gasteiger partial charge is 0.417 e. The molecule has 1 fully saturated rings. The van der Waals surface area contributed by atoms with Gasteiger partial charge in [-0.1, -0.05) is 23.7 Å². The second kappa shape index (κ2) is 6.96. The summed E-state index contributed by atoms with van der Waals surface area (Å²) in [6, 6.07) is 3.67. The first-order valence-corrected chi connectivity index (χ1v) is 7.24. The lowest BCUT2D eigenvalue weighted by Gasteiger charge is -2.35. The van der Waals surface area contributed by atoms with E-state index < -0.39 is 11.7 Å². The summed E-state index contributed by atoms with van der Waals surface area (Å²) < 4.78 is 38.9. The van der Waals surface area contributed by atoms with Gasteiger partial charge in [0.25, 0.3) is 0 Å². The van der Waals surface area contributed by atoms with Gasteiger partial charge in [0.2, 0.25) is 0 Å². The molecule has 7 heteroatoms. The van der Waals surface area contributed by atoms with Crippen LogP contribution in [-0.4, -0.2) is 42.8 Å². The molecule has 0 bridgehead atoms. The normalized spacial score (nSPS) is 18.7. The Bertz CT molecular complexity index is 476. The molecule has 0 aliphatic carbocycles. The molecule has 2 N–H and O–H groups in total. The second-order valence-electron chi connectivity index (χ2n) is 5.02. The van der Waals surface area contributed by atoms with Crippen LogP contribution in [0.25, 0.3) is 0 Å². The second-order valence-corrected chi connectivity index (χ2v) is 5.40. The molecule has 0 spiro atoms. The van der Waals surface area contributed by atoms with Gasteiger partial charge in [-0.2, -0.15) is 13.2 Å². The van der Waals surface area contributed by atoms with Crippen LogP contribution in [0.15, 0.2) is 18.2 Å². The van der Waals surface area contributed by atoms with Crippen molar-refractivity contribution < 1.29 is 18.3 Å². The van der Waals surface area contributed by atoms with Crippen molar-refractivity contribution in [2.75, 3.05) is 32.8 Å². The minimum absolute atomic E-state index is 0.0961. The van der Waals surface area contributed by atoms with Crippen LogP contribution in [0.5, 0.6) is 0 Å². The van der Waals surface area contributed by atoms with Gasteiger partial charge in [0.1, 0.15) is 0 Å². The van der Waals surface area contributed by atoms with Crippen LogP contribution in [0.4, 0.5) is 13.2 Å². The van der Waals surface area contributed by atoms with E-state index in [1.54, 1.807) is 6.07 Å². The highest BCUT2D eigenvalue weighted by Crippen LogP contribution is 2.39. The lowest BCUT2D eigenvalue weighted by Crippen LogP contribution is -2.45. The fraction of sp³-hybridized carbons (Fsp3) is 0.571. The van der Waals surface area contributed by atoms with E-state index in [-0.39, 0.29) is 17.7 Å². The van der Waals surface area contributed by atoms with Gasteiger partial charge >= 0.3 is 6.18 Å². The number of rotatable bonds is 4. The number of hydrogen-bond donors (Lipinski definition) is 2. The number of nitrogens with one attached hydrogen (secondary N) is 1. The van der Waals surface area contributed by atoms with E-state index in [1.165, 1.54) is 6.07 Å². The molecule has 0 saturated carbocycles. The summed E-state index contributed by atoms with van der Waals surface area (Å²) in [5.74, 6) is 0. The summed E-state index contributed by atoms with van der Waals surface area (Å²) >= 11 is 6.00. The maximum absolute atomic E-state index is 13.0. The Morgan fingerprint density at radius 3 is 2.52 bits per heavy atom. The summed E-state index contributed by atoms with van der Waals surface area (Å²) in [6.45, 7) is 2.90. The average molecular weight is 323 g/mol. The monoisotopic (exact) mass is 322 g/mol. The summed E-state index contributed by atoms with van der Waals surface area (Å²) in [6.07, 6.45) is -4.11. The van der Waals surface area contributed by atoms with E-state index in [0.717, 1.165) is 32.2 Å². The number of aliphatic hydroxyl groups excluding tert-OH is 1. The molecule has 1 aromatic rings. The predicted octanol–water partition coefficient (Wildman–Crippen LogP) is 2.69. The number of aliphatic hydroxyl groups is 1. The first-order valence-electron chi connectivity index (χ1n) is 6.86. The average Bonchev–Trinajstić information content (AvgIpc) is 2.45. The summed E-state index contributed by atoms with van der Waals surface area (Å²) in [5, 5.41) is 12.2. The van der Waals surface area contributed by atoms with Crippen LogP contribution in [-0.2, 0) is 6.18 Å². The first-order chi connectivity index (χ1) is 9.95. The van der Waals surface area contributed by atoms with Crippen LogP contribution in [0.1, 0.15) is 23.6 Å². The molecule has 1 heterocycles. The fourth-order valence-corrected chi connectivity index (χ4v) is 3.04. The summed E-state index contributed by atoms with van der Waals surface area (Å²) in [4.78, 5) is 2.06. The van der Waals surface area contributed by atoms with Crippen molar-refractivity contribution in [2.45, 2.75) is 18.6 Å². The molecule has 0 amide bonds. The fourth-order valence-electron chi connectivity index (χ4n) is 2.68. The van der Waals surface area contributed by atoms with Crippen LogP contribution < -0.4 is 5.32 Å². The first kappa shape index (κ1) is 16.5. The Hall–Kier alpha value is -0.820. The van der Waals surface area contributed by atoms with Gasteiger partial charge in [0, 0.05) is 38.8 Å². The minimum atomic E-state index is -4.47. The van der Waals surface area contributed by atoms with E-state index >= 15 is 0 Å². The molecule has 3 nitrogen and oxygen atoms in total. The predicted molar refractivity (Wildman–Crippen MR) is 75.3 cm³/mol. The Kier molecular flexibility index (Phi) is 5.48. The minimum Gasteiger partial charge on any atom is -0.396 e. The zero-order valence-corrected chi connectivity index (χ0v) is 12.2. The summed E-state index contributed by atoms with van der Waals surface area (Å²) in [7, 11) is 0. The maximum atomic E-state index is 13.0. The molecular weight excluding hydrogens is 305 g/mol. The van der Waals surface area contributed by atoms with E-state index in [0.29, 0.717) is 12.0 Å². The number of nitrogens with zero attached hydrogens (tertiary/aromatic N) is 1. The molecule has 1 aromatic carbocycles. The van der Waals surface area contributed by atoms with Gasteiger partial charge in [0.15, 0.2) is 0 Å². The lowest BCUT2D eigenvalue weighted by molar-refractivity contribution is -0.137. The van der Waals surface area contributed by atoms with Gasteiger partial charge < -0.3 is 10.4 Å². The van der Waals surface area contributed by atoms with Gasteiger partial charge in [0.05, 0.1) is 10.6 Å². The van der Waals surface area contributed by atoms with E-state index in [4.69, 9.17) is 11.6 Å². The standard InChI is InChI=1S/C14H18ClF3N2O/c15-13-10(2-1-3-11(13)14(16,17)18)12(4-9-21)20-7-5-19-6-8-20/h1-3,12,19,21H,4-9H2/t12-/m1/s1. The topological polar surface area (TPSA) is 35.5 Å². The molecule has 0 aromatic heterocycles. The zero-order chi connectivity index (χ0) is 15.5.